The molecule has 0 aromatic carbocycles. The first-order valence-electron chi connectivity index (χ1n) is 32.9. The van der Waals surface area contributed by atoms with Gasteiger partial charge in [0, 0.05) is 19.3 Å². The zero-order chi connectivity index (χ0) is 55.0. The first-order valence-corrected chi connectivity index (χ1v) is 32.9. The molecule has 1 unspecified atom stereocenters. The fraction of sp³-hybridized carbons (Fsp3) is 0.786. The lowest BCUT2D eigenvalue weighted by atomic mass is 10.0. The molecule has 0 spiro atoms. The van der Waals surface area contributed by atoms with Crippen LogP contribution in [0.2, 0.25) is 0 Å². The molecule has 440 valence electrons. The number of carbonyl (C=O) groups excluding carboxylic acids is 3. The normalized spacial score (nSPS) is 12.5. The molecular weight excluding hydrogens is 937 g/mol. The molecule has 0 saturated carbocycles. The fourth-order valence-corrected chi connectivity index (χ4v) is 9.57. The number of ether oxygens (including phenoxy) is 3. The van der Waals surface area contributed by atoms with Crippen molar-refractivity contribution < 1.29 is 28.6 Å². The topological polar surface area (TPSA) is 78.9 Å². The van der Waals surface area contributed by atoms with Crippen LogP contribution in [0.5, 0.6) is 0 Å². The summed E-state index contributed by atoms with van der Waals surface area (Å²) in [7, 11) is 0. The molecular formula is C70H124O6. The predicted octanol–water partition coefficient (Wildman–Crippen LogP) is 22.5. The summed E-state index contributed by atoms with van der Waals surface area (Å²) in [6.45, 7) is 6.56. The highest BCUT2D eigenvalue weighted by Crippen LogP contribution is 2.17. The summed E-state index contributed by atoms with van der Waals surface area (Å²) in [6, 6.07) is 0. The van der Waals surface area contributed by atoms with Gasteiger partial charge in [-0.25, -0.2) is 0 Å². The van der Waals surface area contributed by atoms with E-state index in [2.05, 4.69) is 93.7 Å². The summed E-state index contributed by atoms with van der Waals surface area (Å²) in [5, 5.41) is 0. The number of hydrogen-bond donors (Lipinski definition) is 0. The second-order valence-electron chi connectivity index (χ2n) is 22.0. The summed E-state index contributed by atoms with van der Waals surface area (Å²) in [5.74, 6) is -0.884. The number of rotatable bonds is 60. The van der Waals surface area contributed by atoms with Crippen molar-refractivity contribution in [3.63, 3.8) is 0 Å². The number of carbonyl (C=O) groups is 3. The molecule has 0 aromatic heterocycles. The Morgan fingerprint density at radius 1 is 0.276 bits per heavy atom. The van der Waals surface area contributed by atoms with E-state index < -0.39 is 6.10 Å². The largest absolute Gasteiger partial charge is 0.462 e. The average molecular weight is 1060 g/mol. The van der Waals surface area contributed by atoms with Gasteiger partial charge in [-0.05, 0) is 70.6 Å². The molecule has 0 bridgehead atoms. The van der Waals surface area contributed by atoms with Gasteiger partial charge in [0.1, 0.15) is 13.2 Å². The van der Waals surface area contributed by atoms with Crippen LogP contribution in [0.3, 0.4) is 0 Å². The van der Waals surface area contributed by atoms with E-state index in [9.17, 15) is 14.4 Å². The van der Waals surface area contributed by atoms with Gasteiger partial charge in [0.05, 0.1) is 0 Å². The van der Waals surface area contributed by atoms with Gasteiger partial charge in [0.25, 0.3) is 0 Å². The van der Waals surface area contributed by atoms with E-state index in [4.69, 9.17) is 14.2 Å². The summed E-state index contributed by atoms with van der Waals surface area (Å²) in [4.78, 5) is 38.4. The highest BCUT2D eigenvalue weighted by Gasteiger charge is 2.19. The molecule has 1 atom stereocenters. The molecule has 0 aliphatic carbocycles. The summed E-state index contributed by atoms with van der Waals surface area (Å²) in [5.41, 5.74) is 0. The number of unbranched alkanes of at least 4 members (excludes halogenated alkanes) is 37. The maximum absolute atomic E-state index is 12.9. The van der Waals surface area contributed by atoms with Crippen molar-refractivity contribution in [2.24, 2.45) is 0 Å². The molecule has 76 heavy (non-hydrogen) atoms. The molecule has 0 heterocycles. The minimum Gasteiger partial charge on any atom is -0.462 e. The number of allylic oxidation sites excluding steroid dienone is 12. The summed E-state index contributed by atoms with van der Waals surface area (Å²) in [6.07, 6.45) is 83.3. The van der Waals surface area contributed by atoms with Crippen LogP contribution in [0.15, 0.2) is 72.9 Å². The van der Waals surface area contributed by atoms with Crippen LogP contribution < -0.4 is 0 Å². The minimum atomic E-state index is -0.784. The van der Waals surface area contributed by atoms with E-state index in [-0.39, 0.29) is 31.1 Å². The summed E-state index contributed by atoms with van der Waals surface area (Å²) >= 11 is 0. The Labute approximate surface area is 472 Å². The molecule has 0 radical (unpaired) electrons. The van der Waals surface area contributed by atoms with Crippen LogP contribution in [-0.2, 0) is 28.6 Å². The molecule has 6 nitrogen and oxygen atoms in total. The van der Waals surface area contributed by atoms with E-state index >= 15 is 0 Å². The lowest BCUT2D eigenvalue weighted by Crippen LogP contribution is -2.30. The lowest BCUT2D eigenvalue weighted by Gasteiger charge is -2.18. The van der Waals surface area contributed by atoms with Crippen molar-refractivity contribution in [1.82, 2.24) is 0 Å². The monoisotopic (exact) mass is 1060 g/mol. The van der Waals surface area contributed by atoms with Gasteiger partial charge in [-0.3, -0.25) is 14.4 Å². The zero-order valence-electron chi connectivity index (χ0n) is 50.5. The first-order chi connectivity index (χ1) is 37.5. The highest BCUT2D eigenvalue weighted by atomic mass is 16.6. The van der Waals surface area contributed by atoms with Crippen LogP contribution in [0, 0.1) is 0 Å². The van der Waals surface area contributed by atoms with Crippen LogP contribution >= 0.6 is 0 Å². The Morgan fingerprint density at radius 2 is 0.513 bits per heavy atom. The summed E-state index contributed by atoms with van der Waals surface area (Å²) < 4.78 is 16.9. The lowest BCUT2D eigenvalue weighted by molar-refractivity contribution is -0.167. The zero-order valence-corrected chi connectivity index (χ0v) is 50.5. The van der Waals surface area contributed by atoms with Gasteiger partial charge in [-0.2, -0.15) is 0 Å². The Balaban J connectivity index is 4.38. The number of hydrogen-bond acceptors (Lipinski definition) is 6. The van der Waals surface area contributed by atoms with Gasteiger partial charge in [0.15, 0.2) is 6.10 Å². The van der Waals surface area contributed by atoms with E-state index in [1.54, 1.807) is 0 Å². The smallest absolute Gasteiger partial charge is 0.306 e. The molecule has 0 saturated heterocycles. The van der Waals surface area contributed by atoms with Gasteiger partial charge in [0.2, 0.25) is 0 Å². The van der Waals surface area contributed by atoms with Crippen molar-refractivity contribution in [3.8, 4) is 0 Å². The van der Waals surface area contributed by atoms with Crippen molar-refractivity contribution >= 4 is 17.9 Å². The minimum absolute atomic E-state index is 0.0789. The maximum atomic E-state index is 12.9. The fourth-order valence-electron chi connectivity index (χ4n) is 9.57. The predicted molar refractivity (Wildman–Crippen MR) is 330 cm³/mol. The Hall–Kier alpha value is -3.15. The molecule has 0 N–H and O–H groups in total. The van der Waals surface area contributed by atoms with Crippen molar-refractivity contribution in [1.29, 1.82) is 0 Å². The van der Waals surface area contributed by atoms with Gasteiger partial charge in [-0.1, -0.05) is 318 Å². The van der Waals surface area contributed by atoms with Crippen LogP contribution in [0.25, 0.3) is 0 Å². The van der Waals surface area contributed by atoms with Crippen LogP contribution in [0.4, 0.5) is 0 Å². The Bertz CT molecular complexity index is 1400. The third kappa shape index (κ3) is 61.7. The third-order valence-corrected chi connectivity index (χ3v) is 14.5. The van der Waals surface area contributed by atoms with Crippen molar-refractivity contribution in [2.75, 3.05) is 13.2 Å². The second kappa shape index (κ2) is 64.4. The van der Waals surface area contributed by atoms with Gasteiger partial charge in [-0.15, -0.1) is 0 Å². The van der Waals surface area contributed by atoms with E-state index in [0.717, 1.165) is 109 Å². The Morgan fingerprint density at radius 3 is 0.803 bits per heavy atom. The molecule has 0 aliphatic rings. The van der Waals surface area contributed by atoms with E-state index in [1.165, 1.54) is 186 Å². The molecule has 0 amide bonds. The number of esters is 3. The maximum Gasteiger partial charge on any atom is 0.306 e. The Kier molecular flexibility index (Phi) is 61.7. The third-order valence-electron chi connectivity index (χ3n) is 14.5. The highest BCUT2D eigenvalue weighted by molar-refractivity contribution is 5.71. The van der Waals surface area contributed by atoms with Gasteiger partial charge < -0.3 is 14.2 Å². The van der Waals surface area contributed by atoms with Gasteiger partial charge >= 0.3 is 17.9 Å². The molecule has 0 aliphatic heterocycles. The molecule has 6 heteroatoms. The van der Waals surface area contributed by atoms with Crippen LogP contribution in [0.1, 0.15) is 335 Å². The standard InChI is InChI=1S/C70H124O6/c1-4-7-10-13-16-19-22-25-28-30-32-34-35-36-38-39-42-45-48-51-54-57-60-63-69(72)75-66-67(65-74-68(71)62-59-56-53-50-47-44-41-27-24-21-18-15-12-9-6-3)76-70(73)64-61-58-55-52-49-46-43-40-37-33-31-29-26-23-20-17-14-11-8-5-2/h7,10,16,19,25,28,32,34,36,38,42,45,67H,4-6,8-9,11-15,17-18,20-24,26-27,29-31,33,35,37,39-41,43-44,46-66H2,1-3H3/b10-7-,19-16-,28-25-,34-32-,38-36-,45-42-. The van der Waals surface area contributed by atoms with Crippen LogP contribution in [-0.4, -0.2) is 37.2 Å². The first kappa shape index (κ1) is 72.8. The quantitative estimate of drug-likeness (QED) is 0.0261. The van der Waals surface area contributed by atoms with Crippen molar-refractivity contribution in [3.05, 3.63) is 72.9 Å². The van der Waals surface area contributed by atoms with Crippen molar-refractivity contribution in [2.45, 2.75) is 341 Å². The average Bonchev–Trinajstić information content (AvgIpc) is 3.42. The second-order valence-corrected chi connectivity index (χ2v) is 22.0. The molecule has 0 rings (SSSR count). The molecule has 0 aromatic rings. The SMILES string of the molecule is CC/C=C\C/C=C\C/C=C\C/C=C\C/C=C\C/C=C\CCCCCCC(=O)OCC(COC(=O)CCCCCCCCCCCCCCCCC)OC(=O)CCCCCCCCCCCCCCCCCCCCCC. The van der Waals surface area contributed by atoms with E-state index in [0.29, 0.717) is 19.3 Å². The van der Waals surface area contributed by atoms with E-state index in [1.807, 2.05) is 0 Å². The molecule has 0 fully saturated rings.